The van der Waals surface area contributed by atoms with Gasteiger partial charge in [-0.15, -0.1) is 0 Å². The molecule has 21 heavy (non-hydrogen) atoms. The van der Waals surface area contributed by atoms with Crippen LogP contribution in [0.1, 0.15) is 0 Å². The zero-order valence-electron chi connectivity index (χ0n) is 11.0. The van der Waals surface area contributed by atoms with Crippen LogP contribution in [0.3, 0.4) is 0 Å². The van der Waals surface area contributed by atoms with E-state index in [9.17, 15) is 9.90 Å². The second kappa shape index (κ2) is 4.02. The molecule has 0 spiro atoms. The van der Waals surface area contributed by atoms with Gasteiger partial charge in [0.05, 0.1) is 5.69 Å². The molecule has 0 radical (unpaired) electrons. The lowest BCUT2D eigenvalue weighted by Gasteiger charge is -2.22. The van der Waals surface area contributed by atoms with E-state index in [0.717, 1.165) is 16.5 Å². The molecule has 1 aliphatic heterocycles. The maximum Gasteiger partial charge on any atom is 0.348 e. The van der Waals surface area contributed by atoms with E-state index < -0.39 is 5.63 Å². The SMILES string of the molecule is C=C1COc2c(ccc3c2c(=O)oc2cc(O)ccc23)N1. The summed E-state index contributed by atoms with van der Waals surface area (Å²) in [6.45, 7) is 4.11. The first-order valence-electron chi connectivity index (χ1n) is 6.43. The van der Waals surface area contributed by atoms with Crippen molar-refractivity contribution in [3.63, 3.8) is 0 Å². The summed E-state index contributed by atoms with van der Waals surface area (Å²) in [7, 11) is 0. The van der Waals surface area contributed by atoms with Crippen LogP contribution in [-0.4, -0.2) is 11.7 Å². The molecule has 2 N–H and O–H groups in total. The molecular formula is C16H11NO4. The lowest BCUT2D eigenvalue weighted by molar-refractivity contribution is 0.350. The van der Waals surface area contributed by atoms with Gasteiger partial charge in [-0.05, 0) is 18.2 Å². The Kier molecular flexibility index (Phi) is 2.27. The van der Waals surface area contributed by atoms with E-state index in [1.165, 1.54) is 6.07 Å². The van der Waals surface area contributed by atoms with Crippen molar-refractivity contribution in [3.05, 3.63) is 53.0 Å². The van der Waals surface area contributed by atoms with E-state index in [2.05, 4.69) is 11.9 Å². The van der Waals surface area contributed by atoms with Crippen LogP contribution in [0.2, 0.25) is 0 Å². The highest BCUT2D eigenvalue weighted by Crippen LogP contribution is 2.38. The molecule has 5 nitrogen and oxygen atoms in total. The van der Waals surface area contributed by atoms with Gasteiger partial charge in [-0.3, -0.25) is 0 Å². The van der Waals surface area contributed by atoms with Gasteiger partial charge < -0.3 is 19.6 Å². The number of ether oxygens (including phenoxy) is 1. The number of benzene rings is 2. The Morgan fingerprint density at radius 3 is 2.86 bits per heavy atom. The maximum atomic E-state index is 12.3. The quantitative estimate of drug-likeness (QED) is 0.489. The fourth-order valence-electron chi connectivity index (χ4n) is 2.61. The molecule has 2 heterocycles. The number of rotatable bonds is 0. The summed E-state index contributed by atoms with van der Waals surface area (Å²) in [4.78, 5) is 12.3. The third-order valence-corrected chi connectivity index (χ3v) is 3.52. The minimum Gasteiger partial charge on any atom is -0.508 e. The summed E-state index contributed by atoms with van der Waals surface area (Å²) in [5.41, 5.74) is 1.29. The Labute approximate surface area is 119 Å². The van der Waals surface area contributed by atoms with E-state index in [-0.39, 0.29) is 5.75 Å². The second-order valence-corrected chi connectivity index (χ2v) is 4.95. The van der Waals surface area contributed by atoms with Crippen molar-refractivity contribution >= 4 is 27.4 Å². The minimum atomic E-state index is -0.491. The van der Waals surface area contributed by atoms with E-state index >= 15 is 0 Å². The van der Waals surface area contributed by atoms with Gasteiger partial charge in [0.25, 0.3) is 0 Å². The summed E-state index contributed by atoms with van der Waals surface area (Å²) >= 11 is 0. The minimum absolute atomic E-state index is 0.0529. The molecule has 0 saturated carbocycles. The molecule has 0 fully saturated rings. The molecule has 0 saturated heterocycles. The maximum absolute atomic E-state index is 12.3. The van der Waals surface area contributed by atoms with Gasteiger partial charge in [0, 0.05) is 22.5 Å². The zero-order chi connectivity index (χ0) is 14.6. The highest BCUT2D eigenvalue weighted by atomic mass is 16.5. The number of phenolic OH excluding ortho intramolecular Hbond substituents is 1. The van der Waals surface area contributed by atoms with Crippen molar-refractivity contribution in [1.29, 1.82) is 0 Å². The summed E-state index contributed by atoms with van der Waals surface area (Å²) < 4.78 is 10.9. The number of fused-ring (bicyclic) bond motifs is 5. The van der Waals surface area contributed by atoms with Crippen LogP contribution in [-0.2, 0) is 0 Å². The summed E-state index contributed by atoms with van der Waals surface area (Å²) in [5.74, 6) is 0.529. The monoisotopic (exact) mass is 281 g/mol. The number of aromatic hydroxyl groups is 1. The average molecular weight is 281 g/mol. The van der Waals surface area contributed by atoms with Crippen LogP contribution in [0.15, 0.2) is 51.8 Å². The molecule has 0 atom stereocenters. The third-order valence-electron chi connectivity index (χ3n) is 3.52. The van der Waals surface area contributed by atoms with Crippen LogP contribution in [0, 0.1) is 0 Å². The van der Waals surface area contributed by atoms with Gasteiger partial charge in [-0.2, -0.15) is 0 Å². The molecule has 5 heteroatoms. The first-order valence-corrected chi connectivity index (χ1v) is 6.43. The van der Waals surface area contributed by atoms with Gasteiger partial charge in [0.1, 0.15) is 23.3 Å². The fraction of sp³-hybridized carbons (Fsp3) is 0.0625. The van der Waals surface area contributed by atoms with E-state index in [1.807, 2.05) is 12.1 Å². The topological polar surface area (TPSA) is 71.7 Å². The zero-order valence-corrected chi connectivity index (χ0v) is 11.0. The number of hydrogen-bond acceptors (Lipinski definition) is 5. The van der Waals surface area contributed by atoms with Gasteiger partial charge in [-0.1, -0.05) is 12.6 Å². The van der Waals surface area contributed by atoms with Gasteiger partial charge in [-0.25, -0.2) is 4.79 Å². The Hall–Kier alpha value is -2.95. The third kappa shape index (κ3) is 1.67. The Bertz CT molecular complexity index is 971. The predicted octanol–water partition coefficient (Wildman–Crippen LogP) is 2.97. The fourth-order valence-corrected chi connectivity index (χ4v) is 2.61. The Morgan fingerprint density at radius 1 is 1.19 bits per heavy atom. The van der Waals surface area contributed by atoms with Gasteiger partial charge in [0.2, 0.25) is 0 Å². The summed E-state index contributed by atoms with van der Waals surface area (Å²) in [5, 5.41) is 14.5. The second-order valence-electron chi connectivity index (χ2n) is 4.95. The number of nitrogens with one attached hydrogen (secondary N) is 1. The standard InChI is InChI=1S/C16H11NO4/c1-8-7-20-15-12(17-8)5-4-11-10-3-2-9(18)6-13(10)21-16(19)14(11)15/h2-6,17-18H,1,7H2. The van der Waals surface area contributed by atoms with Crippen molar-refractivity contribution in [2.75, 3.05) is 11.9 Å². The molecule has 3 aromatic rings. The van der Waals surface area contributed by atoms with Crippen molar-refractivity contribution in [2.45, 2.75) is 0 Å². The van der Waals surface area contributed by atoms with E-state index in [1.54, 1.807) is 12.1 Å². The molecule has 1 aliphatic rings. The average Bonchev–Trinajstić information content (AvgIpc) is 2.46. The Morgan fingerprint density at radius 2 is 2.00 bits per heavy atom. The van der Waals surface area contributed by atoms with Gasteiger partial charge >= 0.3 is 5.63 Å². The summed E-state index contributed by atoms with van der Waals surface area (Å²) in [6.07, 6.45) is 0. The van der Waals surface area contributed by atoms with E-state index in [0.29, 0.717) is 29.0 Å². The van der Waals surface area contributed by atoms with Crippen LogP contribution in [0.25, 0.3) is 21.7 Å². The smallest absolute Gasteiger partial charge is 0.348 e. The largest absolute Gasteiger partial charge is 0.508 e. The highest BCUT2D eigenvalue weighted by Gasteiger charge is 2.20. The highest BCUT2D eigenvalue weighted by molar-refractivity contribution is 6.08. The molecule has 0 unspecified atom stereocenters. The lowest BCUT2D eigenvalue weighted by Crippen LogP contribution is -2.17. The number of phenols is 1. The molecule has 2 aromatic carbocycles. The summed E-state index contributed by atoms with van der Waals surface area (Å²) in [6, 6.07) is 8.38. The van der Waals surface area contributed by atoms with Crippen molar-refractivity contribution in [3.8, 4) is 11.5 Å². The molecule has 0 aliphatic carbocycles. The lowest BCUT2D eigenvalue weighted by atomic mass is 10.0. The Balaban J connectivity index is 2.16. The van der Waals surface area contributed by atoms with Crippen LogP contribution < -0.4 is 15.7 Å². The molecule has 0 bridgehead atoms. The molecule has 0 amide bonds. The predicted molar refractivity (Wildman–Crippen MR) is 79.9 cm³/mol. The van der Waals surface area contributed by atoms with Crippen molar-refractivity contribution < 1.29 is 14.3 Å². The van der Waals surface area contributed by atoms with Gasteiger partial charge in [0.15, 0.2) is 5.75 Å². The van der Waals surface area contributed by atoms with Crippen LogP contribution >= 0.6 is 0 Å². The number of anilines is 1. The first kappa shape index (κ1) is 11.8. The van der Waals surface area contributed by atoms with E-state index in [4.69, 9.17) is 9.15 Å². The molecule has 4 rings (SSSR count). The van der Waals surface area contributed by atoms with Crippen molar-refractivity contribution in [1.82, 2.24) is 0 Å². The first-order chi connectivity index (χ1) is 10.1. The molecular weight excluding hydrogens is 270 g/mol. The number of hydrogen-bond donors (Lipinski definition) is 2. The molecule has 104 valence electrons. The van der Waals surface area contributed by atoms with Crippen molar-refractivity contribution in [2.24, 2.45) is 0 Å². The normalized spacial score (nSPS) is 13.8. The van der Waals surface area contributed by atoms with Crippen LogP contribution in [0.5, 0.6) is 11.5 Å². The molecule has 1 aromatic heterocycles. The van der Waals surface area contributed by atoms with Crippen LogP contribution in [0.4, 0.5) is 5.69 Å².